The van der Waals surface area contributed by atoms with Gasteiger partial charge in [-0.25, -0.2) is 0 Å². The topological polar surface area (TPSA) is 58.9 Å². The summed E-state index contributed by atoms with van der Waals surface area (Å²) in [6, 6.07) is 15.1. The van der Waals surface area contributed by atoms with Crippen molar-refractivity contribution in [2.75, 3.05) is 5.75 Å². The van der Waals surface area contributed by atoms with E-state index in [1.165, 1.54) is 10.9 Å². The number of hydrogen-bond acceptors (Lipinski definition) is 3. The molecule has 3 aromatic rings. The van der Waals surface area contributed by atoms with Gasteiger partial charge in [-0.2, -0.15) is 0 Å². The average molecular weight is 312 g/mol. The van der Waals surface area contributed by atoms with Crippen molar-refractivity contribution in [2.24, 2.45) is 0 Å². The Bertz CT molecular complexity index is 796. The summed E-state index contributed by atoms with van der Waals surface area (Å²) in [4.78, 5) is 13.7. The maximum absolute atomic E-state index is 10.8. The molecule has 1 atom stereocenters. The minimum Gasteiger partial charge on any atom is -0.361 e. The SMILES string of the molecule is CCSC(c1ccc([N+](=O)[O-])cc1)c1c[nH]c2ccccc12. The number of hydrogen-bond donors (Lipinski definition) is 1. The first-order valence-corrected chi connectivity index (χ1v) is 8.17. The second-order valence-electron chi connectivity index (χ2n) is 4.97. The first-order valence-electron chi connectivity index (χ1n) is 7.12. The standard InChI is InChI=1S/C17H16N2O2S/c1-2-22-17(12-7-9-13(10-8-12)19(20)21)15-11-18-16-6-4-3-5-14(15)16/h3-11,17-18H,2H2,1H3. The molecule has 0 saturated heterocycles. The average Bonchev–Trinajstić information content (AvgIpc) is 2.96. The van der Waals surface area contributed by atoms with E-state index in [2.05, 4.69) is 24.0 Å². The van der Waals surface area contributed by atoms with Crippen LogP contribution in [0.1, 0.15) is 23.3 Å². The normalized spacial score (nSPS) is 12.4. The fourth-order valence-corrected chi connectivity index (χ4v) is 3.67. The summed E-state index contributed by atoms with van der Waals surface area (Å²) < 4.78 is 0. The zero-order valence-electron chi connectivity index (χ0n) is 12.2. The number of nitro benzene ring substituents is 1. The van der Waals surface area contributed by atoms with Gasteiger partial charge in [0.1, 0.15) is 0 Å². The van der Waals surface area contributed by atoms with Crippen LogP contribution < -0.4 is 0 Å². The maximum atomic E-state index is 10.8. The van der Waals surface area contributed by atoms with E-state index in [1.54, 1.807) is 12.1 Å². The number of fused-ring (bicyclic) bond motifs is 1. The lowest BCUT2D eigenvalue weighted by molar-refractivity contribution is -0.384. The van der Waals surface area contributed by atoms with E-state index >= 15 is 0 Å². The van der Waals surface area contributed by atoms with Crippen molar-refractivity contribution >= 4 is 28.4 Å². The Morgan fingerprint density at radius 3 is 2.59 bits per heavy atom. The van der Waals surface area contributed by atoms with Crippen LogP contribution in [0.4, 0.5) is 5.69 Å². The van der Waals surface area contributed by atoms with Gasteiger partial charge in [0.25, 0.3) is 5.69 Å². The summed E-state index contributed by atoms with van der Waals surface area (Å²) in [7, 11) is 0. The summed E-state index contributed by atoms with van der Waals surface area (Å²) in [5, 5.41) is 12.2. The highest BCUT2D eigenvalue weighted by atomic mass is 32.2. The van der Waals surface area contributed by atoms with Gasteiger partial charge in [-0.15, -0.1) is 11.8 Å². The molecular weight excluding hydrogens is 296 g/mol. The van der Waals surface area contributed by atoms with Crippen molar-refractivity contribution in [3.63, 3.8) is 0 Å². The van der Waals surface area contributed by atoms with Gasteiger partial charge < -0.3 is 4.98 Å². The van der Waals surface area contributed by atoms with E-state index in [0.29, 0.717) is 0 Å². The molecule has 0 aliphatic carbocycles. The fourth-order valence-electron chi connectivity index (χ4n) is 2.61. The molecule has 3 rings (SSSR count). The van der Waals surface area contributed by atoms with Crippen LogP contribution in [0.2, 0.25) is 0 Å². The maximum Gasteiger partial charge on any atom is 0.269 e. The van der Waals surface area contributed by atoms with Gasteiger partial charge in [0.15, 0.2) is 0 Å². The number of H-pyrrole nitrogens is 1. The van der Waals surface area contributed by atoms with Gasteiger partial charge in [0.2, 0.25) is 0 Å². The lowest BCUT2D eigenvalue weighted by Gasteiger charge is -2.16. The molecule has 0 amide bonds. The van der Waals surface area contributed by atoms with E-state index in [1.807, 2.05) is 42.2 Å². The number of aromatic amines is 1. The van der Waals surface area contributed by atoms with Crippen molar-refractivity contribution in [3.8, 4) is 0 Å². The molecule has 0 aliphatic rings. The summed E-state index contributed by atoms with van der Waals surface area (Å²) in [5.41, 5.74) is 3.54. The molecule has 1 N–H and O–H groups in total. The van der Waals surface area contributed by atoms with E-state index < -0.39 is 0 Å². The highest BCUT2D eigenvalue weighted by Crippen LogP contribution is 2.39. The molecule has 2 aromatic carbocycles. The largest absolute Gasteiger partial charge is 0.361 e. The lowest BCUT2D eigenvalue weighted by Crippen LogP contribution is -1.97. The minimum absolute atomic E-state index is 0.128. The highest BCUT2D eigenvalue weighted by Gasteiger charge is 2.18. The molecule has 0 aliphatic heterocycles. The van der Waals surface area contributed by atoms with E-state index in [9.17, 15) is 10.1 Å². The van der Waals surface area contributed by atoms with Gasteiger partial charge in [-0.05, 0) is 22.9 Å². The molecule has 1 aromatic heterocycles. The van der Waals surface area contributed by atoms with Gasteiger partial charge in [0.05, 0.1) is 10.2 Å². The number of nitro groups is 1. The van der Waals surface area contributed by atoms with Crippen LogP contribution in [-0.4, -0.2) is 15.7 Å². The molecule has 22 heavy (non-hydrogen) atoms. The number of aromatic nitrogens is 1. The number of thioether (sulfide) groups is 1. The predicted octanol–water partition coefficient (Wildman–Crippen LogP) is 4.92. The molecule has 0 radical (unpaired) electrons. The highest BCUT2D eigenvalue weighted by molar-refractivity contribution is 7.99. The number of non-ortho nitro benzene ring substituents is 1. The van der Waals surface area contributed by atoms with E-state index in [-0.39, 0.29) is 15.9 Å². The van der Waals surface area contributed by atoms with Crippen molar-refractivity contribution in [1.82, 2.24) is 4.98 Å². The van der Waals surface area contributed by atoms with Crippen LogP contribution in [0.15, 0.2) is 54.7 Å². The molecule has 0 spiro atoms. The summed E-state index contributed by atoms with van der Waals surface area (Å²) >= 11 is 1.83. The van der Waals surface area contributed by atoms with Gasteiger partial charge in [-0.3, -0.25) is 10.1 Å². The van der Waals surface area contributed by atoms with Crippen molar-refractivity contribution in [2.45, 2.75) is 12.2 Å². The number of para-hydroxylation sites is 1. The first-order chi connectivity index (χ1) is 10.7. The Labute approximate surface area is 132 Å². The molecule has 112 valence electrons. The number of rotatable bonds is 5. The molecule has 0 saturated carbocycles. The third-order valence-corrected chi connectivity index (χ3v) is 4.84. The molecule has 1 unspecified atom stereocenters. The summed E-state index contributed by atoms with van der Waals surface area (Å²) in [6.07, 6.45) is 2.04. The Kier molecular flexibility index (Phi) is 4.15. The predicted molar refractivity (Wildman–Crippen MR) is 91.4 cm³/mol. The van der Waals surface area contributed by atoms with Crippen LogP contribution >= 0.6 is 11.8 Å². The van der Waals surface area contributed by atoms with Crippen molar-refractivity contribution < 1.29 is 4.92 Å². The Morgan fingerprint density at radius 2 is 1.91 bits per heavy atom. The third-order valence-electron chi connectivity index (χ3n) is 3.64. The molecular formula is C17H16N2O2S. The summed E-state index contributed by atoms with van der Waals surface area (Å²) in [6.45, 7) is 2.12. The van der Waals surface area contributed by atoms with E-state index in [0.717, 1.165) is 16.8 Å². The van der Waals surface area contributed by atoms with Gasteiger partial charge >= 0.3 is 0 Å². The van der Waals surface area contributed by atoms with Crippen LogP contribution in [0, 0.1) is 10.1 Å². The zero-order valence-corrected chi connectivity index (χ0v) is 13.0. The second-order valence-corrected chi connectivity index (χ2v) is 6.36. The molecule has 5 heteroatoms. The van der Waals surface area contributed by atoms with Crippen LogP contribution in [0.3, 0.4) is 0 Å². The molecule has 0 bridgehead atoms. The Hall–Kier alpha value is -2.27. The van der Waals surface area contributed by atoms with Crippen LogP contribution in [-0.2, 0) is 0 Å². The molecule has 4 nitrogen and oxygen atoms in total. The number of nitrogens with zero attached hydrogens (tertiary/aromatic N) is 1. The number of nitrogens with one attached hydrogen (secondary N) is 1. The third kappa shape index (κ3) is 2.72. The summed E-state index contributed by atoms with van der Waals surface area (Å²) in [5.74, 6) is 0.973. The van der Waals surface area contributed by atoms with Crippen molar-refractivity contribution in [1.29, 1.82) is 0 Å². The Morgan fingerprint density at radius 1 is 1.18 bits per heavy atom. The van der Waals surface area contributed by atoms with Crippen molar-refractivity contribution in [3.05, 3.63) is 76.0 Å². The second kappa shape index (κ2) is 6.23. The minimum atomic E-state index is -0.364. The fraction of sp³-hybridized carbons (Fsp3) is 0.176. The Balaban J connectivity index is 2.04. The van der Waals surface area contributed by atoms with Gasteiger partial charge in [-0.1, -0.05) is 37.3 Å². The zero-order chi connectivity index (χ0) is 15.5. The first kappa shape index (κ1) is 14.7. The van der Waals surface area contributed by atoms with E-state index in [4.69, 9.17) is 0 Å². The van der Waals surface area contributed by atoms with Crippen LogP contribution in [0.25, 0.3) is 10.9 Å². The smallest absolute Gasteiger partial charge is 0.269 e. The van der Waals surface area contributed by atoms with Crippen LogP contribution in [0.5, 0.6) is 0 Å². The quantitative estimate of drug-likeness (QED) is 0.537. The molecule has 0 fully saturated rings. The number of benzene rings is 2. The lowest BCUT2D eigenvalue weighted by atomic mass is 10.0. The molecule has 1 heterocycles. The monoisotopic (exact) mass is 312 g/mol. The van der Waals surface area contributed by atoms with Gasteiger partial charge in [0, 0.05) is 29.2 Å².